The Hall–Kier alpha value is -1.94. The van der Waals surface area contributed by atoms with Crippen LogP contribution in [-0.4, -0.2) is 23.1 Å². The minimum absolute atomic E-state index is 0.527. The van der Waals surface area contributed by atoms with Crippen LogP contribution in [0, 0.1) is 0 Å². The van der Waals surface area contributed by atoms with Crippen LogP contribution in [0.15, 0.2) is 42.6 Å². The van der Waals surface area contributed by atoms with Gasteiger partial charge in [0, 0.05) is 24.4 Å². The normalized spacial score (nSPS) is 19.1. The smallest absolute Gasteiger partial charge is 0.131 e. The Kier molecular flexibility index (Phi) is 3.70. The van der Waals surface area contributed by atoms with E-state index in [1.807, 2.05) is 24.3 Å². The molecule has 2 aromatic rings. The monoisotopic (exact) mass is 254 g/mol. The van der Waals surface area contributed by atoms with E-state index in [1.54, 1.807) is 6.20 Å². The predicted octanol–water partition coefficient (Wildman–Crippen LogP) is 2.69. The molecule has 0 unspecified atom stereocenters. The SMILES string of the molecule is c1ccc(Nc2cccc([C@H]3CCCNC3)n2)nc1. The molecule has 1 aliphatic rings. The molecule has 2 N–H and O–H groups in total. The first kappa shape index (κ1) is 12.1. The van der Waals surface area contributed by atoms with Crippen molar-refractivity contribution in [2.45, 2.75) is 18.8 Å². The summed E-state index contributed by atoms with van der Waals surface area (Å²) in [5.74, 6) is 2.22. The van der Waals surface area contributed by atoms with Crippen molar-refractivity contribution in [2.75, 3.05) is 18.4 Å². The van der Waals surface area contributed by atoms with Crippen molar-refractivity contribution in [2.24, 2.45) is 0 Å². The van der Waals surface area contributed by atoms with Gasteiger partial charge in [-0.25, -0.2) is 9.97 Å². The van der Waals surface area contributed by atoms with Crippen molar-refractivity contribution in [1.82, 2.24) is 15.3 Å². The topological polar surface area (TPSA) is 49.8 Å². The third-order valence-electron chi connectivity index (χ3n) is 3.41. The zero-order valence-corrected chi connectivity index (χ0v) is 10.8. The van der Waals surface area contributed by atoms with Gasteiger partial charge < -0.3 is 10.6 Å². The molecule has 0 aromatic carbocycles. The lowest BCUT2D eigenvalue weighted by atomic mass is 9.96. The molecule has 0 amide bonds. The number of aromatic nitrogens is 2. The van der Waals surface area contributed by atoms with Crippen molar-refractivity contribution in [3.8, 4) is 0 Å². The van der Waals surface area contributed by atoms with E-state index in [9.17, 15) is 0 Å². The number of anilines is 2. The van der Waals surface area contributed by atoms with Gasteiger partial charge in [0.05, 0.1) is 0 Å². The lowest BCUT2D eigenvalue weighted by Gasteiger charge is -2.22. The van der Waals surface area contributed by atoms with Gasteiger partial charge in [-0.05, 0) is 43.7 Å². The van der Waals surface area contributed by atoms with Crippen LogP contribution in [0.3, 0.4) is 0 Å². The standard InChI is InChI=1S/C15H18N4/c1-2-10-17-14(7-1)19-15-8-3-6-13(18-15)12-5-4-9-16-11-12/h1-3,6-8,10,12,16H,4-5,9,11H2,(H,17,18,19)/t12-/m0/s1. The maximum atomic E-state index is 4.70. The molecular weight excluding hydrogens is 236 g/mol. The van der Waals surface area contributed by atoms with Gasteiger partial charge in [0.15, 0.2) is 0 Å². The number of pyridine rings is 2. The molecule has 3 rings (SSSR count). The average molecular weight is 254 g/mol. The number of rotatable bonds is 3. The summed E-state index contributed by atoms with van der Waals surface area (Å²) >= 11 is 0. The Labute approximate surface area is 113 Å². The Morgan fingerprint density at radius 2 is 2.05 bits per heavy atom. The van der Waals surface area contributed by atoms with Gasteiger partial charge in [-0.15, -0.1) is 0 Å². The van der Waals surface area contributed by atoms with Crippen molar-refractivity contribution >= 4 is 11.6 Å². The molecule has 1 atom stereocenters. The second-order valence-electron chi connectivity index (χ2n) is 4.83. The molecule has 0 radical (unpaired) electrons. The number of nitrogens with zero attached hydrogens (tertiary/aromatic N) is 2. The van der Waals surface area contributed by atoms with Gasteiger partial charge in [-0.3, -0.25) is 0 Å². The van der Waals surface area contributed by atoms with Crippen LogP contribution in [0.2, 0.25) is 0 Å². The van der Waals surface area contributed by atoms with Gasteiger partial charge in [0.25, 0.3) is 0 Å². The van der Waals surface area contributed by atoms with E-state index >= 15 is 0 Å². The molecule has 19 heavy (non-hydrogen) atoms. The van der Waals surface area contributed by atoms with E-state index in [0.29, 0.717) is 5.92 Å². The molecule has 1 aliphatic heterocycles. The van der Waals surface area contributed by atoms with Crippen LogP contribution in [0.5, 0.6) is 0 Å². The van der Waals surface area contributed by atoms with Gasteiger partial charge in [0.1, 0.15) is 11.6 Å². The maximum absolute atomic E-state index is 4.70. The highest BCUT2D eigenvalue weighted by atomic mass is 15.1. The summed E-state index contributed by atoms with van der Waals surface area (Å²) in [6.07, 6.45) is 4.22. The van der Waals surface area contributed by atoms with E-state index < -0.39 is 0 Å². The quantitative estimate of drug-likeness (QED) is 0.884. The summed E-state index contributed by atoms with van der Waals surface area (Å²) in [6, 6.07) is 12.0. The Morgan fingerprint density at radius 3 is 2.84 bits per heavy atom. The number of nitrogens with one attached hydrogen (secondary N) is 2. The molecule has 0 aliphatic carbocycles. The van der Waals surface area contributed by atoms with E-state index in [4.69, 9.17) is 4.98 Å². The zero-order valence-electron chi connectivity index (χ0n) is 10.8. The molecule has 1 fully saturated rings. The van der Waals surface area contributed by atoms with Crippen molar-refractivity contribution in [1.29, 1.82) is 0 Å². The molecule has 98 valence electrons. The second-order valence-corrected chi connectivity index (χ2v) is 4.83. The molecule has 1 saturated heterocycles. The molecule has 4 heteroatoms. The zero-order chi connectivity index (χ0) is 12.9. The summed E-state index contributed by atoms with van der Waals surface area (Å²) in [6.45, 7) is 2.16. The highest BCUT2D eigenvalue weighted by Crippen LogP contribution is 2.23. The molecule has 2 aromatic heterocycles. The summed E-state index contributed by atoms with van der Waals surface area (Å²) in [5, 5.41) is 6.67. The number of hydrogen-bond donors (Lipinski definition) is 2. The van der Waals surface area contributed by atoms with Gasteiger partial charge in [-0.2, -0.15) is 0 Å². The van der Waals surface area contributed by atoms with E-state index in [0.717, 1.165) is 30.4 Å². The first-order valence-electron chi connectivity index (χ1n) is 6.77. The second kappa shape index (κ2) is 5.80. The van der Waals surface area contributed by atoms with Crippen molar-refractivity contribution in [3.63, 3.8) is 0 Å². The van der Waals surface area contributed by atoms with Crippen LogP contribution in [0.1, 0.15) is 24.5 Å². The fourth-order valence-corrected chi connectivity index (χ4v) is 2.42. The van der Waals surface area contributed by atoms with Crippen LogP contribution in [-0.2, 0) is 0 Å². The first-order chi connectivity index (χ1) is 9.42. The molecular formula is C15H18N4. The van der Waals surface area contributed by atoms with Gasteiger partial charge in [-0.1, -0.05) is 12.1 Å². The molecule has 4 nitrogen and oxygen atoms in total. The fraction of sp³-hybridized carbons (Fsp3) is 0.333. The third kappa shape index (κ3) is 3.09. The molecule has 0 spiro atoms. The summed E-state index contributed by atoms with van der Waals surface area (Å²) in [7, 11) is 0. The summed E-state index contributed by atoms with van der Waals surface area (Å²) in [5.41, 5.74) is 1.16. The highest BCUT2D eigenvalue weighted by molar-refractivity contribution is 5.51. The minimum atomic E-state index is 0.527. The Balaban J connectivity index is 1.76. The number of hydrogen-bond acceptors (Lipinski definition) is 4. The predicted molar refractivity (Wildman–Crippen MR) is 76.6 cm³/mol. The van der Waals surface area contributed by atoms with Crippen LogP contribution < -0.4 is 10.6 Å². The first-order valence-corrected chi connectivity index (χ1v) is 6.77. The molecule has 0 saturated carbocycles. The Morgan fingerprint density at radius 1 is 1.11 bits per heavy atom. The van der Waals surface area contributed by atoms with Crippen molar-refractivity contribution in [3.05, 3.63) is 48.3 Å². The lowest BCUT2D eigenvalue weighted by Crippen LogP contribution is -2.28. The summed E-state index contributed by atoms with van der Waals surface area (Å²) < 4.78 is 0. The molecule has 3 heterocycles. The lowest BCUT2D eigenvalue weighted by molar-refractivity contribution is 0.455. The van der Waals surface area contributed by atoms with Crippen LogP contribution in [0.4, 0.5) is 11.6 Å². The van der Waals surface area contributed by atoms with E-state index in [-0.39, 0.29) is 0 Å². The Bertz CT molecular complexity index is 521. The van der Waals surface area contributed by atoms with Crippen molar-refractivity contribution < 1.29 is 0 Å². The van der Waals surface area contributed by atoms with Gasteiger partial charge >= 0.3 is 0 Å². The van der Waals surface area contributed by atoms with E-state index in [2.05, 4.69) is 27.8 Å². The average Bonchev–Trinajstić information content (AvgIpc) is 2.49. The molecule has 0 bridgehead atoms. The highest BCUT2D eigenvalue weighted by Gasteiger charge is 2.16. The third-order valence-corrected chi connectivity index (χ3v) is 3.41. The fourth-order valence-electron chi connectivity index (χ4n) is 2.42. The van der Waals surface area contributed by atoms with Crippen LogP contribution >= 0.6 is 0 Å². The van der Waals surface area contributed by atoms with Gasteiger partial charge in [0.2, 0.25) is 0 Å². The van der Waals surface area contributed by atoms with Crippen LogP contribution in [0.25, 0.3) is 0 Å². The number of piperidine rings is 1. The maximum Gasteiger partial charge on any atom is 0.131 e. The summed E-state index contributed by atoms with van der Waals surface area (Å²) in [4.78, 5) is 8.95. The van der Waals surface area contributed by atoms with E-state index in [1.165, 1.54) is 12.8 Å². The largest absolute Gasteiger partial charge is 0.325 e. The minimum Gasteiger partial charge on any atom is -0.325 e.